The van der Waals surface area contributed by atoms with Crippen molar-refractivity contribution in [3.63, 3.8) is 0 Å². The first-order chi connectivity index (χ1) is 18.3. The van der Waals surface area contributed by atoms with E-state index in [9.17, 15) is 23.7 Å². The molecule has 0 aliphatic carbocycles. The van der Waals surface area contributed by atoms with Crippen molar-refractivity contribution in [2.75, 3.05) is 71.9 Å². The lowest BCUT2D eigenvalue weighted by Gasteiger charge is -2.12. The van der Waals surface area contributed by atoms with E-state index in [1.807, 2.05) is 0 Å². The lowest BCUT2D eigenvalue weighted by Crippen LogP contribution is -2.15. The summed E-state index contributed by atoms with van der Waals surface area (Å²) in [5.41, 5.74) is 0. The Hall–Kier alpha value is -2.09. The van der Waals surface area contributed by atoms with Crippen molar-refractivity contribution in [3.05, 3.63) is 0 Å². The van der Waals surface area contributed by atoms with E-state index < -0.39 is 44.1 Å². The Morgan fingerprint density at radius 2 is 0.842 bits per heavy atom. The van der Waals surface area contributed by atoms with Crippen LogP contribution in [-0.4, -0.2) is 111 Å². The highest BCUT2D eigenvalue weighted by atomic mass is 31.2. The van der Waals surface area contributed by atoms with Gasteiger partial charge in [0.25, 0.3) is 0 Å². The molecule has 0 heterocycles. The van der Waals surface area contributed by atoms with Gasteiger partial charge in [-0.25, -0.2) is 0 Å². The summed E-state index contributed by atoms with van der Waals surface area (Å²) in [6, 6.07) is 0. The molecule has 0 saturated carbocycles. The van der Waals surface area contributed by atoms with Gasteiger partial charge in [0.15, 0.2) is 7.14 Å². The number of esters is 4. The van der Waals surface area contributed by atoms with E-state index in [1.54, 1.807) is 0 Å². The van der Waals surface area contributed by atoms with Crippen LogP contribution in [0.3, 0.4) is 0 Å². The van der Waals surface area contributed by atoms with Crippen molar-refractivity contribution in [3.8, 4) is 0 Å². The quantitative estimate of drug-likeness (QED) is 0.0591. The zero-order valence-corrected chi connectivity index (χ0v) is 22.6. The van der Waals surface area contributed by atoms with Gasteiger partial charge in [0.2, 0.25) is 0 Å². The molecule has 3 N–H and O–H groups in total. The van der Waals surface area contributed by atoms with Gasteiger partial charge in [0.05, 0.1) is 33.0 Å². The Morgan fingerprint density at radius 1 is 0.500 bits per heavy atom. The minimum Gasteiger partial charge on any atom is -0.463 e. The Bertz CT molecular complexity index is 706. The van der Waals surface area contributed by atoms with Gasteiger partial charge in [0, 0.05) is 25.7 Å². The van der Waals surface area contributed by atoms with Gasteiger partial charge in [0.1, 0.15) is 38.9 Å². The fourth-order valence-electron chi connectivity index (χ4n) is 2.59. The molecule has 0 radical (unpaired) electrons. The molecule has 0 fully saturated rings. The first-order valence-corrected chi connectivity index (χ1v) is 14.7. The third-order valence-electron chi connectivity index (χ3n) is 4.71. The third kappa shape index (κ3) is 21.9. The van der Waals surface area contributed by atoms with Gasteiger partial charge in [-0.05, 0) is 25.7 Å². The van der Waals surface area contributed by atoms with Crippen LogP contribution in [0.5, 0.6) is 0 Å². The number of aliphatic hydroxyl groups excluding tert-OH is 3. The predicted octanol–water partition coefficient (Wildman–Crippen LogP) is 0.526. The second-order valence-electron chi connectivity index (χ2n) is 8.01. The number of hydrogen-bond acceptors (Lipinski definition) is 14. The normalized spacial score (nSPS) is 11.1. The second-order valence-corrected chi connectivity index (χ2v) is 11.0. The number of aliphatic hydroxyl groups is 3. The summed E-state index contributed by atoms with van der Waals surface area (Å²) in [5, 5.41) is 26.3. The average Bonchev–Trinajstić information content (AvgIpc) is 2.91. The van der Waals surface area contributed by atoms with Crippen LogP contribution in [0.1, 0.15) is 51.4 Å². The van der Waals surface area contributed by atoms with Gasteiger partial charge >= 0.3 is 23.9 Å². The van der Waals surface area contributed by atoms with Crippen molar-refractivity contribution in [1.29, 1.82) is 0 Å². The number of carbonyl (C=O) groups excluding carboxylic acids is 4. The molecule has 0 atom stereocenters. The zero-order chi connectivity index (χ0) is 28.5. The maximum absolute atomic E-state index is 11.7. The van der Waals surface area contributed by atoms with Crippen LogP contribution in [0.4, 0.5) is 0 Å². The summed E-state index contributed by atoms with van der Waals surface area (Å²) in [7, 11) is -3.30. The van der Waals surface area contributed by atoms with E-state index in [-0.39, 0.29) is 84.5 Å². The van der Waals surface area contributed by atoms with Gasteiger partial charge in [-0.3, -0.25) is 19.2 Å². The van der Waals surface area contributed by atoms with Crippen LogP contribution in [0.2, 0.25) is 0 Å². The largest absolute Gasteiger partial charge is 0.463 e. The lowest BCUT2D eigenvalue weighted by molar-refractivity contribution is -0.148. The van der Waals surface area contributed by atoms with Gasteiger partial charge < -0.3 is 48.3 Å². The number of hydrogen-bond donors (Lipinski definition) is 3. The predicted molar refractivity (Wildman–Crippen MR) is 131 cm³/mol. The molecule has 0 bridgehead atoms. The average molecular weight is 573 g/mol. The zero-order valence-electron chi connectivity index (χ0n) is 21.7. The van der Waals surface area contributed by atoms with Crippen molar-refractivity contribution in [2.24, 2.45) is 0 Å². The fourth-order valence-corrected chi connectivity index (χ4v) is 3.23. The van der Waals surface area contributed by atoms with Gasteiger partial charge in [-0.1, -0.05) is 0 Å². The molecule has 0 amide bonds. The summed E-state index contributed by atoms with van der Waals surface area (Å²) in [6.07, 6.45) is 0.106. The summed E-state index contributed by atoms with van der Waals surface area (Å²) in [5.74, 6) is -1.89. The first-order valence-electron chi connectivity index (χ1n) is 12.4. The molecule has 0 aliphatic heterocycles. The van der Waals surface area contributed by atoms with E-state index in [0.717, 1.165) is 0 Å². The van der Waals surface area contributed by atoms with E-state index in [4.69, 9.17) is 43.7 Å². The van der Waals surface area contributed by atoms with Crippen molar-refractivity contribution >= 4 is 31.0 Å². The Balaban J connectivity index is 3.54. The third-order valence-corrected chi connectivity index (χ3v) is 6.34. The molecule has 15 heteroatoms. The van der Waals surface area contributed by atoms with Crippen molar-refractivity contribution in [1.82, 2.24) is 0 Å². The lowest BCUT2D eigenvalue weighted by atomic mass is 10.2. The summed E-state index contributed by atoms with van der Waals surface area (Å²) in [4.78, 5) is 46.4. The molecule has 0 saturated heterocycles. The molecule has 0 unspecified atom stereocenters. The van der Waals surface area contributed by atoms with Crippen LogP contribution in [-0.2, 0) is 52.2 Å². The molecular formula is C23H41O14P. The monoisotopic (exact) mass is 572 g/mol. The highest BCUT2D eigenvalue weighted by molar-refractivity contribution is 7.63. The molecule has 0 aliphatic rings. The van der Waals surface area contributed by atoms with Crippen LogP contribution >= 0.6 is 7.14 Å². The molecule has 0 rings (SSSR count). The maximum atomic E-state index is 11.7. The van der Waals surface area contributed by atoms with Crippen LogP contribution in [0, 0.1) is 0 Å². The van der Waals surface area contributed by atoms with Crippen LogP contribution < -0.4 is 0 Å². The Labute approximate surface area is 222 Å². The van der Waals surface area contributed by atoms with Crippen molar-refractivity contribution in [2.45, 2.75) is 51.4 Å². The molecule has 38 heavy (non-hydrogen) atoms. The molecule has 0 aromatic rings. The number of ether oxygens (including phenoxy) is 6. The van der Waals surface area contributed by atoms with E-state index in [1.165, 1.54) is 0 Å². The Morgan fingerprint density at radius 3 is 1.18 bits per heavy atom. The Kier molecular flexibility index (Phi) is 22.7. The number of carbonyl (C=O) groups is 4. The molecule has 14 nitrogen and oxygen atoms in total. The molecule has 222 valence electrons. The number of rotatable bonds is 25. The summed E-state index contributed by atoms with van der Waals surface area (Å²) < 4.78 is 41.6. The van der Waals surface area contributed by atoms with E-state index in [2.05, 4.69) is 0 Å². The summed E-state index contributed by atoms with van der Waals surface area (Å²) >= 11 is 0. The van der Waals surface area contributed by atoms with E-state index >= 15 is 0 Å². The molecule has 0 aromatic heterocycles. The fraction of sp³-hybridized carbons (Fsp3) is 0.826. The number of unbranched alkanes of at least 4 members (excludes halogenated alkanes) is 2. The SMILES string of the molecule is O=C(CCCCC(=O)OCCOCCOC(=O)CCCCC(=O)OCP(=O)(CO)CO)OCCOCCO. The first kappa shape index (κ1) is 35.9. The standard InChI is InChI=1S/C23H41O14P/c24-9-10-32-11-14-34-20(27)5-1-2-6-21(28)35-15-12-33-13-16-36-22(29)7-3-4-8-23(30)37-19-38(31,17-25)18-26/h24-26H,1-19H2. The molecular weight excluding hydrogens is 531 g/mol. The summed E-state index contributed by atoms with van der Waals surface area (Å²) in [6.45, 7) is 0.764. The van der Waals surface area contributed by atoms with Gasteiger partial charge in [-0.15, -0.1) is 0 Å². The topological polar surface area (TPSA) is 201 Å². The minimum atomic E-state index is -3.30. The molecule has 0 spiro atoms. The second kappa shape index (κ2) is 24.0. The highest BCUT2D eigenvalue weighted by Gasteiger charge is 2.22. The van der Waals surface area contributed by atoms with Crippen molar-refractivity contribution < 1.29 is 67.5 Å². The van der Waals surface area contributed by atoms with Crippen LogP contribution in [0.15, 0.2) is 0 Å². The van der Waals surface area contributed by atoms with E-state index in [0.29, 0.717) is 25.7 Å². The minimum absolute atomic E-state index is 0.00108. The van der Waals surface area contributed by atoms with Crippen LogP contribution in [0.25, 0.3) is 0 Å². The maximum Gasteiger partial charge on any atom is 0.306 e. The highest BCUT2D eigenvalue weighted by Crippen LogP contribution is 2.42. The molecule has 0 aromatic carbocycles. The smallest absolute Gasteiger partial charge is 0.306 e. The van der Waals surface area contributed by atoms with Gasteiger partial charge in [-0.2, -0.15) is 0 Å².